The Bertz CT molecular complexity index is 607. The van der Waals surface area contributed by atoms with E-state index >= 15 is 0 Å². The highest BCUT2D eigenvalue weighted by molar-refractivity contribution is 5.75. The van der Waals surface area contributed by atoms with Gasteiger partial charge in [0.05, 0.1) is 6.10 Å². The number of ether oxygens (including phenoxy) is 1. The predicted octanol–water partition coefficient (Wildman–Crippen LogP) is 3.95. The van der Waals surface area contributed by atoms with E-state index in [1.54, 1.807) is 7.11 Å². The number of aryl methyl sites for hydroxylation is 1. The lowest BCUT2D eigenvalue weighted by atomic mass is 9.53. The van der Waals surface area contributed by atoms with Gasteiger partial charge in [-0.25, -0.2) is 4.79 Å². The lowest BCUT2D eigenvalue weighted by Gasteiger charge is -2.56. The number of urea groups is 1. The summed E-state index contributed by atoms with van der Waals surface area (Å²) in [5.74, 6) is 2.51. The van der Waals surface area contributed by atoms with Crippen LogP contribution in [-0.2, 0) is 4.74 Å². The van der Waals surface area contributed by atoms with Crippen molar-refractivity contribution in [2.24, 2.45) is 17.8 Å². The van der Waals surface area contributed by atoms with Crippen molar-refractivity contribution in [2.75, 3.05) is 13.7 Å². The average molecular weight is 342 g/mol. The zero-order valence-electron chi connectivity index (χ0n) is 15.4. The number of nitrogens with one attached hydrogen (secondary N) is 2. The number of methoxy groups -OCH3 is 1. The molecule has 0 spiro atoms. The first-order valence-electron chi connectivity index (χ1n) is 9.71. The van der Waals surface area contributed by atoms with Gasteiger partial charge >= 0.3 is 6.03 Å². The second kappa shape index (κ2) is 6.64. The zero-order chi connectivity index (χ0) is 17.4. The Hall–Kier alpha value is -1.55. The minimum Gasteiger partial charge on any atom is -0.375 e. The third kappa shape index (κ3) is 3.41. The number of carbonyl (C=O) groups is 1. The third-order valence-electron chi connectivity index (χ3n) is 6.68. The lowest BCUT2D eigenvalue weighted by molar-refractivity contribution is -0.0137. The van der Waals surface area contributed by atoms with Crippen LogP contribution in [0, 0.1) is 24.7 Å². The van der Waals surface area contributed by atoms with Crippen LogP contribution in [0.4, 0.5) is 4.79 Å². The summed E-state index contributed by atoms with van der Waals surface area (Å²) in [7, 11) is 1.70. The fraction of sp³-hybridized carbons (Fsp3) is 0.667. The number of benzene rings is 1. The summed E-state index contributed by atoms with van der Waals surface area (Å²) in [5, 5.41) is 6.42. The number of hydrogen-bond acceptors (Lipinski definition) is 2. The van der Waals surface area contributed by atoms with E-state index in [0.717, 1.165) is 23.3 Å². The standard InChI is InChI=1S/C21H30N2O2/c1-14-5-3-4-6-18(14)19(25-2)13-22-20(24)23-21-10-15-7-16(11-21)9-17(8-15)12-21/h3-6,15-17,19H,7-13H2,1-2H3,(H2,22,23,24). The minimum atomic E-state index is -0.108. The molecular weight excluding hydrogens is 312 g/mol. The van der Waals surface area contributed by atoms with Gasteiger partial charge in [-0.2, -0.15) is 0 Å². The molecule has 5 rings (SSSR count). The van der Waals surface area contributed by atoms with Crippen molar-refractivity contribution < 1.29 is 9.53 Å². The van der Waals surface area contributed by atoms with Gasteiger partial charge in [-0.05, 0) is 74.3 Å². The molecule has 0 aromatic heterocycles. The summed E-state index contributed by atoms with van der Waals surface area (Å²) < 4.78 is 5.62. The Kier molecular flexibility index (Phi) is 4.48. The summed E-state index contributed by atoms with van der Waals surface area (Å²) in [6, 6.07) is 8.17. The summed E-state index contributed by atoms with van der Waals surface area (Å²) in [6.45, 7) is 2.58. The molecule has 4 heteroatoms. The number of amides is 2. The molecule has 4 aliphatic carbocycles. The van der Waals surface area contributed by atoms with Crippen molar-refractivity contribution in [2.45, 2.75) is 57.1 Å². The minimum absolute atomic E-state index is 0.0300. The Balaban J connectivity index is 1.35. The first kappa shape index (κ1) is 16.9. The first-order valence-corrected chi connectivity index (χ1v) is 9.71. The van der Waals surface area contributed by atoms with Crippen LogP contribution in [-0.4, -0.2) is 25.2 Å². The zero-order valence-corrected chi connectivity index (χ0v) is 15.4. The number of rotatable bonds is 5. The average Bonchev–Trinajstić information content (AvgIpc) is 2.55. The molecule has 4 fully saturated rings. The molecule has 4 saturated carbocycles. The van der Waals surface area contributed by atoms with E-state index in [-0.39, 0.29) is 17.7 Å². The van der Waals surface area contributed by atoms with Crippen LogP contribution in [0.15, 0.2) is 24.3 Å². The Morgan fingerprint density at radius 3 is 2.32 bits per heavy atom. The van der Waals surface area contributed by atoms with Gasteiger partial charge in [-0.15, -0.1) is 0 Å². The molecule has 2 N–H and O–H groups in total. The highest BCUT2D eigenvalue weighted by atomic mass is 16.5. The van der Waals surface area contributed by atoms with Crippen LogP contribution >= 0.6 is 0 Å². The van der Waals surface area contributed by atoms with E-state index in [1.165, 1.54) is 44.1 Å². The van der Waals surface area contributed by atoms with Crippen LogP contribution in [0.2, 0.25) is 0 Å². The summed E-state index contributed by atoms with van der Waals surface area (Å²) in [5.41, 5.74) is 2.39. The molecule has 1 aromatic carbocycles. The van der Waals surface area contributed by atoms with Crippen molar-refractivity contribution in [3.8, 4) is 0 Å². The molecular formula is C21H30N2O2. The van der Waals surface area contributed by atoms with Gasteiger partial charge in [0.15, 0.2) is 0 Å². The smallest absolute Gasteiger partial charge is 0.315 e. The Morgan fingerprint density at radius 2 is 1.76 bits per heavy atom. The fourth-order valence-corrected chi connectivity index (χ4v) is 6.00. The van der Waals surface area contributed by atoms with Gasteiger partial charge < -0.3 is 15.4 Å². The number of hydrogen-bond donors (Lipinski definition) is 2. The van der Waals surface area contributed by atoms with Gasteiger partial charge in [-0.3, -0.25) is 0 Å². The molecule has 0 radical (unpaired) electrons. The van der Waals surface area contributed by atoms with E-state index < -0.39 is 0 Å². The molecule has 136 valence electrons. The molecule has 4 nitrogen and oxygen atoms in total. The summed E-state index contributed by atoms with van der Waals surface area (Å²) in [4.78, 5) is 12.6. The molecule has 0 saturated heterocycles. The second-order valence-electron chi connectivity index (χ2n) is 8.61. The molecule has 1 unspecified atom stereocenters. The van der Waals surface area contributed by atoms with E-state index in [4.69, 9.17) is 4.74 Å². The summed E-state index contributed by atoms with van der Waals surface area (Å²) in [6.07, 6.45) is 7.60. The molecule has 0 heterocycles. The van der Waals surface area contributed by atoms with Crippen molar-refractivity contribution in [3.05, 3.63) is 35.4 Å². The Morgan fingerprint density at radius 1 is 1.16 bits per heavy atom. The monoisotopic (exact) mass is 342 g/mol. The molecule has 0 aliphatic heterocycles. The fourth-order valence-electron chi connectivity index (χ4n) is 6.00. The highest BCUT2D eigenvalue weighted by Crippen LogP contribution is 2.55. The largest absolute Gasteiger partial charge is 0.375 e. The molecule has 1 aromatic rings. The van der Waals surface area contributed by atoms with Crippen LogP contribution in [0.25, 0.3) is 0 Å². The van der Waals surface area contributed by atoms with Crippen molar-refractivity contribution in [1.82, 2.24) is 10.6 Å². The van der Waals surface area contributed by atoms with Crippen LogP contribution < -0.4 is 10.6 Å². The van der Waals surface area contributed by atoms with Crippen LogP contribution in [0.3, 0.4) is 0 Å². The molecule has 25 heavy (non-hydrogen) atoms. The maximum absolute atomic E-state index is 12.6. The maximum atomic E-state index is 12.6. The molecule has 4 aliphatic rings. The van der Waals surface area contributed by atoms with Crippen molar-refractivity contribution >= 4 is 6.03 Å². The van der Waals surface area contributed by atoms with Crippen molar-refractivity contribution in [3.63, 3.8) is 0 Å². The maximum Gasteiger partial charge on any atom is 0.315 e. The van der Waals surface area contributed by atoms with Gasteiger partial charge in [0.25, 0.3) is 0 Å². The topological polar surface area (TPSA) is 50.4 Å². The van der Waals surface area contributed by atoms with Crippen LogP contribution in [0.1, 0.15) is 55.8 Å². The Labute approximate surface area is 150 Å². The normalized spacial score (nSPS) is 33.9. The van der Waals surface area contributed by atoms with E-state index in [2.05, 4.69) is 29.7 Å². The summed E-state index contributed by atoms with van der Waals surface area (Å²) >= 11 is 0. The van der Waals surface area contributed by atoms with Gasteiger partial charge in [-0.1, -0.05) is 24.3 Å². The molecule has 4 bridgehead atoms. The van der Waals surface area contributed by atoms with Crippen molar-refractivity contribution in [1.29, 1.82) is 0 Å². The first-order chi connectivity index (χ1) is 12.1. The molecule has 2 amide bonds. The van der Waals surface area contributed by atoms with Crippen LogP contribution in [0.5, 0.6) is 0 Å². The predicted molar refractivity (Wildman–Crippen MR) is 98.4 cm³/mol. The van der Waals surface area contributed by atoms with Gasteiger partial charge in [0.2, 0.25) is 0 Å². The van der Waals surface area contributed by atoms with Gasteiger partial charge in [0.1, 0.15) is 0 Å². The second-order valence-corrected chi connectivity index (χ2v) is 8.61. The van der Waals surface area contributed by atoms with Gasteiger partial charge in [0, 0.05) is 19.2 Å². The van der Waals surface area contributed by atoms with E-state index in [9.17, 15) is 4.79 Å². The molecule has 1 atom stereocenters. The quantitative estimate of drug-likeness (QED) is 0.851. The number of carbonyl (C=O) groups excluding carboxylic acids is 1. The highest BCUT2D eigenvalue weighted by Gasteiger charge is 2.51. The van der Waals surface area contributed by atoms with E-state index in [0.29, 0.717) is 6.54 Å². The van der Waals surface area contributed by atoms with E-state index in [1.807, 2.05) is 12.1 Å². The third-order valence-corrected chi connectivity index (χ3v) is 6.68. The SMILES string of the molecule is COC(CNC(=O)NC12CC3CC(CC(C3)C1)C2)c1ccccc1C. The lowest BCUT2D eigenvalue weighted by Crippen LogP contribution is -2.61.